The number of carbonyl (C=O) groups is 1. The van der Waals surface area contributed by atoms with Gasteiger partial charge in [-0.2, -0.15) is 0 Å². The van der Waals surface area contributed by atoms with Crippen LogP contribution in [0.5, 0.6) is 5.75 Å². The zero-order chi connectivity index (χ0) is 15.1. The van der Waals surface area contributed by atoms with E-state index in [1.165, 1.54) is 7.11 Å². The quantitative estimate of drug-likeness (QED) is 0.653. The Labute approximate surface area is 124 Å². The summed E-state index contributed by atoms with van der Waals surface area (Å²) in [6, 6.07) is 15.3. The third-order valence-electron chi connectivity index (χ3n) is 3.07. The highest BCUT2D eigenvalue weighted by Crippen LogP contribution is 2.24. The normalized spacial score (nSPS) is 10.0. The summed E-state index contributed by atoms with van der Waals surface area (Å²) in [4.78, 5) is 11.7. The van der Waals surface area contributed by atoms with E-state index in [-0.39, 0.29) is 5.97 Å². The first-order valence-electron chi connectivity index (χ1n) is 6.82. The molecule has 0 aliphatic carbocycles. The summed E-state index contributed by atoms with van der Waals surface area (Å²) in [5.74, 6) is 0.198. The average Bonchev–Trinajstić information content (AvgIpc) is 2.53. The first-order chi connectivity index (χ1) is 10.2. The molecule has 0 heterocycles. The number of anilines is 1. The first kappa shape index (κ1) is 14.9. The van der Waals surface area contributed by atoms with Crippen LogP contribution in [-0.4, -0.2) is 26.2 Å². The maximum atomic E-state index is 11.7. The van der Waals surface area contributed by atoms with Gasteiger partial charge in [-0.15, -0.1) is 0 Å². The molecule has 0 aromatic heterocycles. The van der Waals surface area contributed by atoms with Gasteiger partial charge >= 0.3 is 5.97 Å². The molecule has 0 aliphatic rings. The van der Waals surface area contributed by atoms with E-state index in [0.717, 1.165) is 11.3 Å². The van der Waals surface area contributed by atoms with Crippen molar-refractivity contribution in [2.75, 3.05) is 25.6 Å². The topological polar surface area (TPSA) is 47.6 Å². The first-order valence-corrected chi connectivity index (χ1v) is 6.82. The second kappa shape index (κ2) is 7.33. The van der Waals surface area contributed by atoms with Crippen molar-refractivity contribution >= 4 is 11.7 Å². The Hall–Kier alpha value is -2.49. The van der Waals surface area contributed by atoms with E-state index in [1.54, 1.807) is 6.07 Å². The highest BCUT2D eigenvalue weighted by molar-refractivity contribution is 5.92. The van der Waals surface area contributed by atoms with Gasteiger partial charge in [0, 0.05) is 12.2 Å². The minimum absolute atomic E-state index is 0.385. The molecule has 0 amide bonds. The summed E-state index contributed by atoms with van der Waals surface area (Å²) in [5, 5.41) is 3.26. The van der Waals surface area contributed by atoms with Crippen molar-refractivity contribution in [3.05, 3.63) is 59.7 Å². The zero-order valence-corrected chi connectivity index (χ0v) is 12.3. The second-order valence-corrected chi connectivity index (χ2v) is 4.58. The van der Waals surface area contributed by atoms with Crippen LogP contribution >= 0.6 is 0 Å². The largest absolute Gasteiger partial charge is 0.491 e. The fraction of sp³-hybridized carbons (Fsp3) is 0.235. The highest BCUT2D eigenvalue weighted by Gasteiger charge is 2.14. The van der Waals surface area contributed by atoms with Crippen LogP contribution in [0.25, 0.3) is 0 Å². The molecular formula is C17H19NO3. The second-order valence-electron chi connectivity index (χ2n) is 4.58. The maximum Gasteiger partial charge on any atom is 0.341 e. The van der Waals surface area contributed by atoms with Gasteiger partial charge in [0.25, 0.3) is 0 Å². The third kappa shape index (κ3) is 3.99. The Balaban J connectivity index is 1.95. The molecule has 0 spiro atoms. The van der Waals surface area contributed by atoms with Gasteiger partial charge in [-0.1, -0.05) is 30.3 Å². The standard InChI is InChI=1S/C17H19NO3/c1-13-7-6-10-15(17(19)20-2)16(13)21-12-11-18-14-8-4-3-5-9-14/h3-10,18H,11-12H2,1-2H3. The van der Waals surface area contributed by atoms with Crippen molar-refractivity contribution in [1.82, 2.24) is 0 Å². The fourth-order valence-corrected chi connectivity index (χ4v) is 2.02. The van der Waals surface area contributed by atoms with Gasteiger partial charge in [-0.05, 0) is 30.7 Å². The number of carbonyl (C=O) groups excluding carboxylic acids is 1. The van der Waals surface area contributed by atoms with Crippen LogP contribution in [0.3, 0.4) is 0 Å². The summed E-state index contributed by atoms with van der Waals surface area (Å²) in [6.07, 6.45) is 0. The molecule has 0 saturated carbocycles. The Kier molecular flexibility index (Phi) is 5.21. The number of nitrogens with one attached hydrogen (secondary N) is 1. The SMILES string of the molecule is COC(=O)c1cccc(C)c1OCCNc1ccccc1. The van der Waals surface area contributed by atoms with Crippen LogP contribution in [0.4, 0.5) is 5.69 Å². The van der Waals surface area contributed by atoms with Crippen molar-refractivity contribution in [2.45, 2.75) is 6.92 Å². The van der Waals surface area contributed by atoms with Crippen LogP contribution in [0.1, 0.15) is 15.9 Å². The fourth-order valence-electron chi connectivity index (χ4n) is 2.02. The number of methoxy groups -OCH3 is 1. The average molecular weight is 285 g/mol. The number of esters is 1. The van der Waals surface area contributed by atoms with Gasteiger partial charge in [-0.25, -0.2) is 4.79 Å². The summed E-state index contributed by atoms with van der Waals surface area (Å²) in [7, 11) is 1.37. The number of aryl methyl sites for hydroxylation is 1. The van der Waals surface area contributed by atoms with Gasteiger partial charge in [-0.3, -0.25) is 0 Å². The molecule has 21 heavy (non-hydrogen) atoms. The van der Waals surface area contributed by atoms with Crippen LogP contribution in [-0.2, 0) is 4.74 Å². The van der Waals surface area contributed by atoms with Gasteiger partial charge in [0.05, 0.1) is 7.11 Å². The maximum absolute atomic E-state index is 11.7. The molecule has 4 heteroatoms. The minimum atomic E-state index is -0.385. The van der Waals surface area contributed by atoms with Gasteiger partial charge in [0.1, 0.15) is 17.9 Å². The van der Waals surface area contributed by atoms with Gasteiger partial charge in [0.2, 0.25) is 0 Å². The lowest BCUT2D eigenvalue weighted by molar-refractivity contribution is 0.0596. The molecule has 2 rings (SSSR count). The van der Waals surface area contributed by atoms with E-state index in [1.807, 2.05) is 49.4 Å². The number of ether oxygens (including phenoxy) is 2. The van der Waals surface area contributed by atoms with E-state index in [9.17, 15) is 4.79 Å². The van der Waals surface area contributed by atoms with Gasteiger partial charge in [0.15, 0.2) is 0 Å². The predicted octanol–water partition coefficient (Wildman–Crippen LogP) is 3.27. The predicted molar refractivity (Wildman–Crippen MR) is 82.9 cm³/mol. The Morgan fingerprint density at radius 1 is 1.10 bits per heavy atom. The molecule has 110 valence electrons. The summed E-state index contributed by atoms with van der Waals surface area (Å²) in [6.45, 7) is 3.02. The molecule has 4 nitrogen and oxygen atoms in total. The molecule has 2 aromatic carbocycles. The van der Waals surface area contributed by atoms with Gasteiger partial charge < -0.3 is 14.8 Å². The summed E-state index contributed by atoms with van der Waals surface area (Å²) in [5.41, 5.74) is 2.41. The van der Waals surface area contributed by atoms with Crippen LogP contribution in [0.15, 0.2) is 48.5 Å². The molecule has 1 N–H and O–H groups in total. The van der Waals surface area contributed by atoms with Crippen LogP contribution in [0, 0.1) is 6.92 Å². The van der Waals surface area contributed by atoms with E-state index in [4.69, 9.17) is 9.47 Å². The number of hydrogen-bond donors (Lipinski definition) is 1. The smallest absolute Gasteiger partial charge is 0.341 e. The molecule has 0 saturated heterocycles. The Bertz CT molecular complexity index is 596. The molecular weight excluding hydrogens is 266 g/mol. The molecule has 0 fully saturated rings. The highest BCUT2D eigenvalue weighted by atomic mass is 16.5. The molecule has 2 aromatic rings. The monoisotopic (exact) mass is 285 g/mol. The molecule has 0 radical (unpaired) electrons. The van der Waals surface area contributed by atoms with Crippen LogP contribution < -0.4 is 10.1 Å². The minimum Gasteiger partial charge on any atom is -0.491 e. The van der Waals surface area contributed by atoms with Crippen molar-refractivity contribution in [3.8, 4) is 5.75 Å². The number of rotatable bonds is 6. The van der Waals surface area contributed by atoms with E-state index in [0.29, 0.717) is 24.5 Å². The number of benzene rings is 2. The van der Waals surface area contributed by atoms with Crippen molar-refractivity contribution in [3.63, 3.8) is 0 Å². The summed E-state index contributed by atoms with van der Waals surface area (Å²) >= 11 is 0. The Morgan fingerprint density at radius 3 is 2.57 bits per heavy atom. The van der Waals surface area contributed by atoms with Crippen LogP contribution in [0.2, 0.25) is 0 Å². The lowest BCUT2D eigenvalue weighted by Crippen LogP contribution is -2.14. The van der Waals surface area contributed by atoms with Crippen molar-refractivity contribution in [1.29, 1.82) is 0 Å². The number of hydrogen-bond acceptors (Lipinski definition) is 4. The lowest BCUT2D eigenvalue weighted by atomic mass is 10.1. The lowest BCUT2D eigenvalue weighted by Gasteiger charge is -2.13. The number of para-hydroxylation sites is 2. The summed E-state index contributed by atoms with van der Waals surface area (Å²) < 4.78 is 10.5. The van der Waals surface area contributed by atoms with E-state index < -0.39 is 0 Å². The molecule has 0 bridgehead atoms. The third-order valence-corrected chi connectivity index (χ3v) is 3.07. The Morgan fingerprint density at radius 2 is 1.86 bits per heavy atom. The van der Waals surface area contributed by atoms with Crippen molar-refractivity contribution < 1.29 is 14.3 Å². The molecule has 0 atom stereocenters. The van der Waals surface area contributed by atoms with E-state index >= 15 is 0 Å². The zero-order valence-electron chi connectivity index (χ0n) is 12.3. The molecule has 0 unspecified atom stereocenters. The van der Waals surface area contributed by atoms with E-state index in [2.05, 4.69) is 5.32 Å². The molecule has 0 aliphatic heterocycles. The van der Waals surface area contributed by atoms with Crippen molar-refractivity contribution in [2.24, 2.45) is 0 Å².